The van der Waals surface area contributed by atoms with Gasteiger partial charge in [0.1, 0.15) is 5.82 Å². The molecule has 0 bridgehead atoms. The van der Waals surface area contributed by atoms with Crippen molar-refractivity contribution in [3.8, 4) is 0 Å². The van der Waals surface area contributed by atoms with Crippen LogP contribution in [0.5, 0.6) is 0 Å². The van der Waals surface area contributed by atoms with E-state index in [2.05, 4.69) is 10.1 Å². The number of hydrogen-bond donors (Lipinski definition) is 0. The number of nitrogens with zero attached hydrogens (tertiary/aromatic N) is 3. The number of aromatic nitrogens is 2. The Bertz CT molecular complexity index is 1060. The molecule has 0 N–H and O–H groups in total. The molecule has 0 aliphatic carbocycles. The Morgan fingerprint density at radius 1 is 1.11 bits per heavy atom. The first-order valence-electron chi connectivity index (χ1n) is 8.77. The third-order valence-electron chi connectivity index (χ3n) is 4.48. The van der Waals surface area contributed by atoms with Gasteiger partial charge in [-0.05, 0) is 23.8 Å². The lowest BCUT2D eigenvalue weighted by Gasteiger charge is -2.30. The van der Waals surface area contributed by atoms with Crippen LogP contribution in [0.4, 0.5) is 4.39 Å². The second kappa shape index (κ2) is 7.78. The second-order valence-corrected chi connectivity index (χ2v) is 8.29. The van der Waals surface area contributed by atoms with Gasteiger partial charge in [-0.25, -0.2) is 12.8 Å². The fourth-order valence-corrected chi connectivity index (χ4v) is 4.46. The van der Waals surface area contributed by atoms with Crippen molar-refractivity contribution in [2.45, 2.75) is 17.4 Å². The Kier molecular flexibility index (Phi) is 5.21. The van der Waals surface area contributed by atoms with E-state index in [-0.39, 0.29) is 42.7 Å². The summed E-state index contributed by atoms with van der Waals surface area (Å²) in [4.78, 5) is 4.49. The zero-order chi connectivity index (χ0) is 19.6. The third kappa shape index (κ3) is 3.82. The fourth-order valence-electron chi connectivity index (χ4n) is 3.02. The Labute approximate surface area is 161 Å². The van der Waals surface area contributed by atoms with Crippen molar-refractivity contribution < 1.29 is 22.1 Å². The van der Waals surface area contributed by atoms with Crippen LogP contribution in [0.3, 0.4) is 0 Å². The minimum Gasteiger partial charge on any atom is -0.366 e. The van der Waals surface area contributed by atoms with Gasteiger partial charge in [0.15, 0.2) is 11.9 Å². The summed E-state index contributed by atoms with van der Waals surface area (Å²) in [6, 6.07) is 14.6. The number of sulfonamides is 1. The highest BCUT2D eigenvalue weighted by molar-refractivity contribution is 7.89. The fraction of sp³-hybridized carbons (Fsp3) is 0.263. The van der Waals surface area contributed by atoms with Crippen molar-refractivity contribution in [1.29, 1.82) is 0 Å². The zero-order valence-electron chi connectivity index (χ0n) is 14.9. The summed E-state index contributed by atoms with van der Waals surface area (Å²) in [5, 5.41) is 3.87. The van der Waals surface area contributed by atoms with Gasteiger partial charge < -0.3 is 9.26 Å². The molecule has 1 aliphatic heterocycles. The molecule has 1 saturated heterocycles. The van der Waals surface area contributed by atoms with E-state index in [9.17, 15) is 12.8 Å². The van der Waals surface area contributed by atoms with Crippen molar-refractivity contribution in [3.63, 3.8) is 0 Å². The van der Waals surface area contributed by atoms with Gasteiger partial charge in [0, 0.05) is 19.5 Å². The molecule has 1 aliphatic rings. The van der Waals surface area contributed by atoms with Gasteiger partial charge in [0.2, 0.25) is 10.0 Å². The van der Waals surface area contributed by atoms with Crippen LogP contribution in [-0.2, 0) is 21.2 Å². The summed E-state index contributed by atoms with van der Waals surface area (Å²) in [6.45, 7) is 0.518. The minimum absolute atomic E-state index is 0.0680. The molecular weight excluding hydrogens is 385 g/mol. The summed E-state index contributed by atoms with van der Waals surface area (Å²) >= 11 is 0. The third-order valence-corrected chi connectivity index (χ3v) is 6.36. The van der Waals surface area contributed by atoms with E-state index in [0.29, 0.717) is 11.4 Å². The van der Waals surface area contributed by atoms with Crippen molar-refractivity contribution in [2.24, 2.45) is 0 Å². The summed E-state index contributed by atoms with van der Waals surface area (Å²) in [5.74, 6) is 0.147. The molecule has 1 fully saturated rings. The van der Waals surface area contributed by atoms with Gasteiger partial charge in [0.05, 0.1) is 11.5 Å². The molecule has 0 radical (unpaired) electrons. The topological polar surface area (TPSA) is 85.5 Å². The van der Waals surface area contributed by atoms with E-state index in [1.165, 1.54) is 10.4 Å². The predicted octanol–water partition coefficient (Wildman–Crippen LogP) is 2.56. The summed E-state index contributed by atoms with van der Waals surface area (Å²) in [5.41, 5.74) is 0.452. The summed E-state index contributed by atoms with van der Waals surface area (Å²) in [6.07, 6.45) is -0.497. The molecule has 1 unspecified atom stereocenters. The Morgan fingerprint density at radius 3 is 2.64 bits per heavy atom. The van der Waals surface area contributed by atoms with Crippen molar-refractivity contribution in [2.75, 3.05) is 19.7 Å². The molecule has 7 nitrogen and oxygen atoms in total. The average Bonchev–Trinajstić information content (AvgIpc) is 3.19. The molecule has 4 rings (SSSR count). The number of hydrogen-bond acceptors (Lipinski definition) is 6. The van der Waals surface area contributed by atoms with Gasteiger partial charge in [0.25, 0.3) is 5.89 Å². The second-order valence-electron chi connectivity index (χ2n) is 6.35. The molecule has 0 spiro atoms. The van der Waals surface area contributed by atoms with E-state index in [1.54, 1.807) is 48.5 Å². The Balaban J connectivity index is 1.50. The van der Waals surface area contributed by atoms with Gasteiger partial charge in [-0.1, -0.05) is 41.6 Å². The van der Waals surface area contributed by atoms with Crippen LogP contribution in [0.25, 0.3) is 0 Å². The number of halogens is 1. The lowest BCUT2D eigenvalue weighted by atomic mass is 10.1. The van der Waals surface area contributed by atoms with Crippen molar-refractivity contribution >= 4 is 10.0 Å². The first-order chi connectivity index (χ1) is 13.5. The lowest BCUT2D eigenvalue weighted by molar-refractivity contribution is -0.0199. The first kappa shape index (κ1) is 18.7. The normalized spacial score (nSPS) is 18.2. The zero-order valence-corrected chi connectivity index (χ0v) is 15.7. The molecule has 2 heterocycles. The van der Waals surface area contributed by atoms with Crippen LogP contribution >= 0.6 is 0 Å². The molecule has 3 aromatic rings. The lowest BCUT2D eigenvalue weighted by Crippen LogP contribution is -2.42. The van der Waals surface area contributed by atoms with Crippen LogP contribution in [0.2, 0.25) is 0 Å². The summed E-state index contributed by atoms with van der Waals surface area (Å²) in [7, 11) is -3.64. The van der Waals surface area contributed by atoms with E-state index in [1.807, 2.05) is 0 Å². The SMILES string of the molecule is O=S(=O)(c1ccccc1)N1CCOC(c2nc(Cc3ccccc3F)no2)C1. The number of benzene rings is 2. The molecule has 0 saturated carbocycles. The maximum atomic E-state index is 13.8. The first-order valence-corrected chi connectivity index (χ1v) is 10.2. The molecule has 2 aromatic carbocycles. The van der Waals surface area contributed by atoms with Gasteiger partial charge in [-0.2, -0.15) is 9.29 Å². The molecule has 1 aromatic heterocycles. The molecular formula is C19H18FN3O4S. The Morgan fingerprint density at radius 2 is 1.86 bits per heavy atom. The maximum Gasteiger partial charge on any atom is 0.257 e. The van der Waals surface area contributed by atoms with Crippen LogP contribution < -0.4 is 0 Å². The number of ether oxygens (including phenoxy) is 1. The minimum atomic E-state index is -3.64. The number of morpholine rings is 1. The highest BCUT2D eigenvalue weighted by Crippen LogP contribution is 2.26. The van der Waals surface area contributed by atoms with Crippen LogP contribution in [-0.4, -0.2) is 42.6 Å². The van der Waals surface area contributed by atoms with Crippen LogP contribution in [0, 0.1) is 5.82 Å². The highest BCUT2D eigenvalue weighted by atomic mass is 32.2. The largest absolute Gasteiger partial charge is 0.366 e. The highest BCUT2D eigenvalue weighted by Gasteiger charge is 2.34. The van der Waals surface area contributed by atoms with E-state index < -0.39 is 16.1 Å². The van der Waals surface area contributed by atoms with E-state index in [4.69, 9.17) is 9.26 Å². The van der Waals surface area contributed by atoms with Crippen LogP contribution in [0.1, 0.15) is 23.4 Å². The van der Waals surface area contributed by atoms with Crippen LogP contribution in [0.15, 0.2) is 64.0 Å². The molecule has 0 amide bonds. The van der Waals surface area contributed by atoms with Gasteiger partial charge in [-0.3, -0.25) is 0 Å². The maximum absolute atomic E-state index is 13.8. The summed E-state index contributed by atoms with van der Waals surface area (Å²) < 4.78 is 51.6. The monoisotopic (exact) mass is 403 g/mol. The molecule has 1 atom stereocenters. The quantitative estimate of drug-likeness (QED) is 0.651. The van der Waals surface area contributed by atoms with Gasteiger partial charge in [-0.15, -0.1) is 0 Å². The smallest absolute Gasteiger partial charge is 0.257 e. The molecule has 146 valence electrons. The van der Waals surface area contributed by atoms with Crippen molar-refractivity contribution in [1.82, 2.24) is 14.4 Å². The molecule has 9 heteroatoms. The van der Waals surface area contributed by atoms with Gasteiger partial charge >= 0.3 is 0 Å². The van der Waals surface area contributed by atoms with E-state index in [0.717, 1.165) is 0 Å². The molecule has 28 heavy (non-hydrogen) atoms. The predicted molar refractivity (Wildman–Crippen MR) is 97.4 cm³/mol. The number of rotatable bonds is 5. The average molecular weight is 403 g/mol. The standard InChI is InChI=1S/C19H18FN3O4S/c20-16-9-5-4-6-14(16)12-18-21-19(27-22-18)17-13-23(10-11-26-17)28(24,25)15-7-2-1-3-8-15/h1-9,17H,10-13H2. The van der Waals surface area contributed by atoms with Crippen molar-refractivity contribution in [3.05, 3.63) is 77.7 Å². The Hall–Kier alpha value is -2.62. The van der Waals surface area contributed by atoms with E-state index >= 15 is 0 Å².